The maximum Gasteiger partial charge on any atom is 0.338 e. The predicted molar refractivity (Wildman–Crippen MR) is 139 cm³/mol. The summed E-state index contributed by atoms with van der Waals surface area (Å²) in [5, 5.41) is 13.0. The molecule has 39 heavy (non-hydrogen) atoms. The number of nitro groups is 1. The number of benzene rings is 2. The molecule has 0 unspecified atom stereocenters. The summed E-state index contributed by atoms with van der Waals surface area (Å²) in [6.07, 6.45) is 3.60. The number of thiazole rings is 1. The van der Waals surface area contributed by atoms with Crippen molar-refractivity contribution in [1.29, 1.82) is 0 Å². The molecule has 3 aromatic rings. The first-order valence-corrected chi connectivity index (χ1v) is 15.2. The summed E-state index contributed by atoms with van der Waals surface area (Å²) in [4.78, 5) is 38.4. The molecule has 1 aliphatic heterocycles. The highest BCUT2D eigenvalue weighted by molar-refractivity contribution is 7.93. The second-order valence-electron chi connectivity index (χ2n) is 8.35. The van der Waals surface area contributed by atoms with E-state index in [1.807, 2.05) is 0 Å². The number of piperidine rings is 1. The number of nitrogens with zero attached hydrogens (tertiary/aromatic N) is 3. The Bertz CT molecular complexity index is 1590. The number of nitro benzene ring substituents is 1. The maximum atomic E-state index is 12.7. The molecule has 1 aliphatic rings. The van der Waals surface area contributed by atoms with Gasteiger partial charge >= 0.3 is 5.97 Å². The van der Waals surface area contributed by atoms with E-state index in [4.69, 9.17) is 4.74 Å². The fraction of sp³-hybridized carbons (Fsp3) is 0.261. The number of anilines is 1. The van der Waals surface area contributed by atoms with Gasteiger partial charge in [-0.05, 0) is 49.2 Å². The number of carbonyl (C=O) groups excluding carboxylic acids is 2. The van der Waals surface area contributed by atoms with Crippen LogP contribution in [0.3, 0.4) is 0 Å². The summed E-state index contributed by atoms with van der Waals surface area (Å²) in [7, 11) is -7.68. The lowest BCUT2D eigenvalue weighted by molar-refractivity contribution is -0.384. The van der Waals surface area contributed by atoms with Crippen LogP contribution in [0.5, 0.6) is 0 Å². The topological polar surface area (TPSA) is 183 Å². The fourth-order valence-electron chi connectivity index (χ4n) is 3.69. The highest BCUT2D eigenvalue weighted by Gasteiger charge is 2.26. The molecule has 1 N–H and O–H groups in total. The van der Waals surface area contributed by atoms with Crippen LogP contribution in [0.25, 0.3) is 0 Å². The van der Waals surface area contributed by atoms with Gasteiger partial charge in [0.15, 0.2) is 11.7 Å². The Morgan fingerprint density at radius 1 is 0.974 bits per heavy atom. The van der Waals surface area contributed by atoms with Crippen LogP contribution in [0.4, 0.5) is 10.8 Å². The van der Waals surface area contributed by atoms with Crippen molar-refractivity contribution in [3.63, 3.8) is 0 Å². The molecule has 16 heteroatoms. The van der Waals surface area contributed by atoms with Crippen LogP contribution in [0.1, 0.15) is 29.6 Å². The SMILES string of the molecule is O=C(COC(=O)c1ccc(S(=O)(=O)N2CCCCC2)cc1)Nc1ncc(S(=O)(=O)c2ccc([N+](=O)[O-])cc2)s1. The first-order chi connectivity index (χ1) is 18.5. The number of non-ortho nitro benzene ring substituents is 1. The molecular formula is C23H22N4O9S3. The van der Waals surface area contributed by atoms with Crippen LogP contribution >= 0.6 is 11.3 Å². The number of ether oxygens (including phenoxy) is 1. The molecule has 0 spiro atoms. The minimum Gasteiger partial charge on any atom is -0.452 e. The van der Waals surface area contributed by atoms with Crippen LogP contribution < -0.4 is 5.32 Å². The normalized spacial score (nSPS) is 14.5. The summed E-state index contributed by atoms with van der Waals surface area (Å²) in [6.45, 7) is 0.201. The molecule has 1 amide bonds. The van der Waals surface area contributed by atoms with Crippen LogP contribution in [-0.4, -0.2) is 62.6 Å². The van der Waals surface area contributed by atoms with Gasteiger partial charge in [0.2, 0.25) is 19.9 Å². The van der Waals surface area contributed by atoms with Gasteiger partial charge in [-0.2, -0.15) is 4.31 Å². The van der Waals surface area contributed by atoms with Gasteiger partial charge in [-0.3, -0.25) is 20.2 Å². The van der Waals surface area contributed by atoms with Crippen LogP contribution in [0, 0.1) is 10.1 Å². The van der Waals surface area contributed by atoms with Gasteiger partial charge in [-0.25, -0.2) is 26.6 Å². The Kier molecular flexibility index (Phi) is 8.39. The Balaban J connectivity index is 1.32. The number of aromatic nitrogens is 1. The van der Waals surface area contributed by atoms with E-state index in [0.29, 0.717) is 24.4 Å². The zero-order chi connectivity index (χ0) is 28.2. The van der Waals surface area contributed by atoms with Gasteiger partial charge in [0, 0.05) is 25.2 Å². The molecule has 2 heterocycles. The van der Waals surface area contributed by atoms with E-state index in [1.54, 1.807) is 0 Å². The van der Waals surface area contributed by atoms with E-state index in [0.717, 1.165) is 49.7 Å². The minimum atomic E-state index is -4.03. The van der Waals surface area contributed by atoms with Gasteiger partial charge < -0.3 is 4.74 Å². The Morgan fingerprint density at radius 2 is 1.59 bits per heavy atom. The number of hydrogen-bond acceptors (Lipinski definition) is 11. The third-order valence-electron chi connectivity index (χ3n) is 5.73. The first kappa shape index (κ1) is 28.3. The van der Waals surface area contributed by atoms with Gasteiger partial charge in [-0.1, -0.05) is 17.8 Å². The molecule has 0 radical (unpaired) electrons. The molecule has 1 aromatic heterocycles. The summed E-state index contributed by atoms with van der Waals surface area (Å²) in [5.74, 6) is -1.63. The number of hydrogen-bond donors (Lipinski definition) is 1. The number of amides is 1. The van der Waals surface area contributed by atoms with E-state index in [1.165, 1.54) is 28.6 Å². The van der Waals surface area contributed by atoms with E-state index in [-0.39, 0.29) is 30.4 Å². The van der Waals surface area contributed by atoms with Crippen molar-refractivity contribution in [1.82, 2.24) is 9.29 Å². The lowest BCUT2D eigenvalue weighted by Gasteiger charge is -2.25. The van der Waals surface area contributed by atoms with Crippen LogP contribution in [0.2, 0.25) is 0 Å². The fourth-order valence-corrected chi connectivity index (χ4v) is 7.66. The Labute approximate surface area is 227 Å². The molecule has 0 bridgehead atoms. The summed E-state index contributed by atoms with van der Waals surface area (Å²) < 4.78 is 57.1. The number of sulfonamides is 1. The average Bonchev–Trinajstić information content (AvgIpc) is 3.41. The zero-order valence-corrected chi connectivity index (χ0v) is 22.6. The number of carbonyl (C=O) groups is 2. The maximum absolute atomic E-state index is 12.7. The van der Waals surface area contributed by atoms with Gasteiger partial charge in [-0.15, -0.1) is 0 Å². The van der Waals surface area contributed by atoms with Crippen molar-refractivity contribution in [3.05, 3.63) is 70.4 Å². The quantitative estimate of drug-likeness (QED) is 0.220. The Morgan fingerprint density at radius 3 is 2.21 bits per heavy atom. The van der Waals surface area contributed by atoms with Crippen molar-refractivity contribution >= 4 is 53.9 Å². The standard InChI is InChI=1S/C23H22N4O9S3/c28-20(25-23-24-14-21(37-23)38(32,33)18-10-6-17(7-11-18)27(30)31)15-36-22(29)16-4-8-19(9-5-16)39(34,35)26-12-2-1-3-13-26/h4-11,14H,1-3,12-13,15H2,(H,24,25,28). The van der Waals surface area contributed by atoms with Crippen molar-refractivity contribution in [2.75, 3.05) is 25.0 Å². The highest BCUT2D eigenvalue weighted by atomic mass is 32.2. The molecule has 4 rings (SSSR count). The Hall–Kier alpha value is -3.73. The predicted octanol–water partition coefficient (Wildman–Crippen LogP) is 2.85. The molecular weight excluding hydrogens is 572 g/mol. The van der Waals surface area contributed by atoms with Gasteiger partial charge in [0.25, 0.3) is 11.6 Å². The van der Waals surface area contributed by atoms with Crippen molar-refractivity contribution in [2.24, 2.45) is 0 Å². The largest absolute Gasteiger partial charge is 0.452 e. The van der Waals surface area contributed by atoms with Crippen molar-refractivity contribution in [2.45, 2.75) is 33.3 Å². The number of sulfone groups is 1. The number of esters is 1. The van der Waals surface area contributed by atoms with E-state index >= 15 is 0 Å². The molecule has 0 atom stereocenters. The van der Waals surface area contributed by atoms with Gasteiger partial charge in [0.05, 0.1) is 26.5 Å². The van der Waals surface area contributed by atoms with E-state index in [2.05, 4.69) is 10.3 Å². The van der Waals surface area contributed by atoms with Crippen molar-refractivity contribution in [3.8, 4) is 0 Å². The lowest BCUT2D eigenvalue weighted by Crippen LogP contribution is -2.35. The summed E-state index contributed by atoms with van der Waals surface area (Å²) >= 11 is 0.653. The summed E-state index contributed by atoms with van der Waals surface area (Å²) in [5.41, 5.74) is -0.217. The second kappa shape index (κ2) is 11.6. The molecule has 1 fully saturated rings. The molecule has 1 saturated heterocycles. The van der Waals surface area contributed by atoms with E-state index < -0.39 is 43.3 Å². The molecule has 2 aromatic carbocycles. The third kappa shape index (κ3) is 6.47. The smallest absolute Gasteiger partial charge is 0.338 e. The highest BCUT2D eigenvalue weighted by Crippen LogP contribution is 2.29. The van der Waals surface area contributed by atoms with E-state index in [9.17, 15) is 36.5 Å². The molecule has 0 saturated carbocycles. The zero-order valence-electron chi connectivity index (χ0n) is 20.2. The van der Waals surface area contributed by atoms with Crippen LogP contribution in [0.15, 0.2) is 68.7 Å². The number of rotatable bonds is 9. The molecule has 206 valence electrons. The molecule has 0 aliphatic carbocycles. The van der Waals surface area contributed by atoms with Crippen LogP contribution in [-0.2, 0) is 29.4 Å². The lowest BCUT2D eigenvalue weighted by atomic mass is 10.2. The first-order valence-electron chi connectivity index (χ1n) is 11.5. The van der Waals surface area contributed by atoms with Gasteiger partial charge in [0.1, 0.15) is 4.21 Å². The number of nitrogens with one attached hydrogen (secondary N) is 1. The molecule has 13 nitrogen and oxygen atoms in total. The monoisotopic (exact) mass is 594 g/mol. The average molecular weight is 595 g/mol. The minimum absolute atomic E-state index is 0.0473. The third-order valence-corrected chi connectivity index (χ3v) is 10.8. The summed E-state index contributed by atoms with van der Waals surface area (Å²) in [6, 6.07) is 9.53. The van der Waals surface area contributed by atoms with Crippen molar-refractivity contribution < 1.29 is 36.1 Å². The second-order valence-corrected chi connectivity index (χ2v) is 13.5.